The quantitative estimate of drug-likeness (QED) is 0.706. The number of rotatable bonds is 3. The zero-order chi connectivity index (χ0) is 24.4. The number of thiophene rings is 1. The molecule has 1 aromatic rings. The molecule has 11 heteroatoms. The predicted molar refractivity (Wildman–Crippen MR) is 117 cm³/mol. The van der Waals surface area contributed by atoms with E-state index in [-0.39, 0.29) is 16.7 Å². The molecule has 7 nitrogen and oxygen atoms in total. The van der Waals surface area contributed by atoms with Gasteiger partial charge in [0.05, 0.1) is 5.41 Å². The number of carbonyl (C=O) groups is 3. The minimum Gasteiger partial charge on any atom is -0.475 e. The summed E-state index contributed by atoms with van der Waals surface area (Å²) >= 11 is 1.75. The molecule has 3 aliphatic heterocycles. The van der Waals surface area contributed by atoms with Crippen molar-refractivity contribution in [3.8, 4) is 0 Å². The molecular formula is C22H30F3N3O4S. The first-order valence-corrected chi connectivity index (χ1v) is 12.0. The molecule has 4 rings (SSSR count). The average molecular weight is 490 g/mol. The van der Waals surface area contributed by atoms with Gasteiger partial charge in [-0.25, -0.2) is 4.79 Å². The van der Waals surface area contributed by atoms with Crippen molar-refractivity contribution in [2.45, 2.75) is 45.8 Å². The highest BCUT2D eigenvalue weighted by molar-refractivity contribution is 7.07. The van der Waals surface area contributed by atoms with E-state index in [4.69, 9.17) is 9.90 Å². The molecule has 184 valence electrons. The van der Waals surface area contributed by atoms with E-state index in [2.05, 4.69) is 28.7 Å². The summed E-state index contributed by atoms with van der Waals surface area (Å²) in [5, 5.41) is 11.5. The van der Waals surface area contributed by atoms with Gasteiger partial charge in [-0.2, -0.15) is 24.5 Å². The SMILES string of the molecule is CCN1CCC2(CN(C(C)=O)CC23CCN(Cc2ccsc2)CC3)C1=O.O=C(O)C(F)(F)F. The number of amides is 2. The average Bonchev–Trinajstić information content (AvgIpc) is 3.45. The molecule has 3 aliphatic rings. The highest BCUT2D eigenvalue weighted by Crippen LogP contribution is 2.57. The first kappa shape index (κ1) is 25.5. The summed E-state index contributed by atoms with van der Waals surface area (Å²) in [6, 6.07) is 2.20. The summed E-state index contributed by atoms with van der Waals surface area (Å²) in [5.74, 6) is -2.34. The molecule has 33 heavy (non-hydrogen) atoms. The molecule has 3 fully saturated rings. The Labute approximate surface area is 195 Å². The van der Waals surface area contributed by atoms with Gasteiger partial charge in [-0.05, 0) is 61.7 Å². The summed E-state index contributed by atoms with van der Waals surface area (Å²) in [5.41, 5.74) is 1.00. The van der Waals surface area contributed by atoms with Gasteiger partial charge in [0.15, 0.2) is 0 Å². The van der Waals surface area contributed by atoms with Crippen molar-refractivity contribution in [1.29, 1.82) is 0 Å². The fraction of sp³-hybridized carbons (Fsp3) is 0.682. The Morgan fingerprint density at radius 1 is 1.15 bits per heavy atom. The van der Waals surface area contributed by atoms with Crippen LogP contribution in [0.15, 0.2) is 16.8 Å². The molecule has 3 saturated heterocycles. The lowest BCUT2D eigenvalue weighted by atomic mass is 9.60. The Hall–Kier alpha value is -2.14. The zero-order valence-electron chi connectivity index (χ0n) is 18.9. The van der Waals surface area contributed by atoms with Crippen LogP contribution in [0.3, 0.4) is 0 Å². The van der Waals surface area contributed by atoms with E-state index in [1.165, 1.54) is 5.56 Å². The maximum absolute atomic E-state index is 13.3. The fourth-order valence-electron chi connectivity index (χ4n) is 5.48. The van der Waals surface area contributed by atoms with Gasteiger partial charge in [-0.15, -0.1) is 0 Å². The Kier molecular flexibility index (Phi) is 7.42. The van der Waals surface area contributed by atoms with Gasteiger partial charge < -0.3 is 14.9 Å². The van der Waals surface area contributed by atoms with E-state index in [9.17, 15) is 22.8 Å². The van der Waals surface area contributed by atoms with Crippen LogP contribution in [0.4, 0.5) is 13.2 Å². The molecule has 2 amide bonds. The number of alkyl halides is 3. The molecule has 0 radical (unpaired) electrons. The fourth-order valence-corrected chi connectivity index (χ4v) is 6.14. The molecular weight excluding hydrogens is 459 g/mol. The van der Waals surface area contributed by atoms with Crippen molar-refractivity contribution in [2.75, 3.05) is 39.3 Å². The largest absolute Gasteiger partial charge is 0.490 e. The van der Waals surface area contributed by atoms with E-state index < -0.39 is 12.1 Å². The molecule has 0 aromatic carbocycles. The third-order valence-corrected chi connectivity index (χ3v) is 8.08. The van der Waals surface area contributed by atoms with Crippen LogP contribution in [0.25, 0.3) is 0 Å². The van der Waals surface area contributed by atoms with E-state index in [0.717, 1.165) is 58.5 Å². The van der Waals surface area contributed by atoms with Crippen molar-refractivity contribution in [3.05, 3.63) is 22.4 Å². The van der Waals surface area contributed by atoms with Gasteiger partial charge in [-0.1, -0.05) is 0 Å². The summed E-state index contributed by atoms with van der Waals surface area (Å²) in [7, 11) is 0. The number of nitrogens with zero attached hydrogens (tertiary/aromatic N) is 3. The molecule has 0 aliphatic carbocycles. The number of carboxylic acids is 1. The standard InChI is InChI=1S/C20H29N3O2S.C2HF3O2/c1-3-22-10-7-20(18(22)25)15-23(16(2)24)14-19(20)5-8-21(9-6-19)12-17-4-11-26-13-17;3-2(4,5)1(6)7/h4,11,13H,3,5-10,12,14-15H2,1-2H3;(H,6,7). The second kappa shape index (κ2) is 9.61. The maximum atomic E-state index is 13.3. The van der Waals surface area contributed by atoms with E-state index in [0.29, 0.717) is 12.5 Å². The third-order valence-electron chi connectivity index (χ3n) is 7.34. The van der Waals surface area contributed by atoms with Crippen LogP contribution in [0, 0.1) is 10.8 Å². The number of hydrogen-bond donors (Lipinski definition) is 1. The number of carboxylic acid groups (broad SMARTS) is 1. The zero-order valence-corrected chi connectivity index (χ0v) is 19.7. The Bertz CT molecular complexity index is 869. The van der Waals surface area contributed by atoms with E-state index >= 15 is 0 Å². The van der Waals surface area contributed by atoms with Crippen molar-refractivity contribution in [1.82, 2.24) is 14.7 Å². The highest BCUT2D eigenvalue weighted by Gasteiger charge is 2.65. The topological polar surface area (TPSA) is 81.2 Å². The smallest absolute Gasteiger partial charge is 0.475 e. The molecule has 1 N–H and O–H groups in total. The lowest BCUT2D eigenvalue weighted by Crippen LogP contribution is -2.52. The van der Waals surface area contributed by atoms with Crippen LogP contribution >= 0.6 is 11.3 Å². The monoisotopic (exact) mass is 489 g/mol. The van der Waals surface area contributed by atoms with Gasteiger partial charge >= 0.3 is 12.1 Å². The van der Waals surface area contributed by atoms with E-state index in [1.54, 1.807) is 18.3 Å². The van der Waals surface area contributed by atoms with Gasteiger partial charge in [0.2, 0.25) is 11.8 Å². The first-order chi connectivity index (χ1) is 15.4. The normalized spacial score (nSPS) is 24.9. The second-order valence-corrected chi connectivity index (χ2v) is 9.86. The molecule has 1 unspecified atom stereocenters. The Morgan fingerprint density at radius 3 is 2.24 bits per heavy atom. The Morgan fingerprint density at radius 2 is 1.79 bits per heavy atom. The summed E-state index contributed by atoms with van der Waals surface area (Å²) in [4.78, 5) is 40.8. The molecule has 0 bridgehead atoms. The van der Waals surface area contributed by atoms with Crippen LogP contribution in [-0.2, 0) is 20.9 Å². The maximum Gasteiger partial charge on any atom is 0.490 e. The van der Waals surface area contributed by atoms with Gasteiger partial charge in [0.1, 0.15) is 0 Å². The number of likely N-dealkylation sites (tertiary alicyclic amines) is 3. The van der Waals surface area contributed by atoms with Crippen LogP contribution in [0.1, 0.15) is 38.7 Å². The van der Waals surface area contributed by atoms with Crippen molar-refractivity contribution < 1.29 is 32.7 Å². The first-order valence-electron chi connectivity index (χ1n) is 11.0. The molecule has 2 spiro atoms. The summed E-state index contributed by atoms with van der Waals surface area (Å²) in [6.45, 7) is 9.76. The predicted octanol–water partition coefficient (Wildman–Crippen LogP) is 3.06. The lowest BCUT2D eigenvalue weighted by Gasteiger charge is -2.46. The minimum absolute atomic E-state index is 0.0369. The summed E-state index contributed by atoms with van der Waals surface area (Å²) in [6.07, 6.45) is -2.14. The second-order valence-electron chi connectivity index (χ2n) is 9.08. The molecule has 1 atom stereocenters. The number of halogens is 3. The van der Waals surface area contributed by atoms with Crippen LogP contribution in [-0.4, -0.2) is 83.0 Å². The van der Waals surface area contributed by atoms with Crippen molar-refractivity contribution >= 4 is 29.1 Å². The summed E-state index contributed by atoms with van der Waals surface area (Å²) < 4.78 is 31.7. The molecule has 1 aromatic heterocycles. The van der Waals surface area contributed by atoms with Gasteiger partial charge in [-0.3, -0.25) is 14.5 Å². The van der Waals surface area contributed by atoms with Crippen LogP contribution in [0.2, 0.25) is 0 Å². The molecule has 0 saturated carbocycles. The molecule has 4 heterocycles. The lowest BCUT2D eigenvalue weighted by molar-refractivity contribution is -0.192. The number of piperidine rings is 1. The van der Waals surface area contributed by atoms with Crippen LogP contribution in [0.5, 0.6) is 0 Å². The number of hydrogen-bond acceptors (Lipinski definition) is 5. The van der Waals surface area contributed by atoms with Gasteiger partial charge in [0, 0.05) is 45.1 Å². The van der Waals surface area contributed by atoms with E-state index in [1.807, 2.05) is 9.80 Å². The minimum atomic E-state index is -5.08. The van der Waals surface area contributed by atoms with Gasteiger partial charge in [0.25, 0.3) is 0 Å². The number of carbonyl (C=O) groups excluding carboxylic acids is 2. The number of aliphatic carboxylic acids is 1. The third kappa shape index (κ3) is 5.03. The van der Waals surface area contributed by atoms with Crippen molar-refractivity contribution in [3.63, 3.8) is 0 Å². The number of fused-ring (bicyclic) bond motifs is 1. The highest BCUT2D eigenvalue weighted by atomic mass is 32.1. The van der Waals surface area contributed by atoms with Crippen LogP contribution < -0.4 is 0 Å². The van der Waals surface area contributed by atoms with Crippen molar-refractivity contribution in [2.24, 2.45) is 10.8 Å². The Balaban J connectivity index is 0.000000383.